The molecule has 5 heteroatoms. The summed E-state index contributed by atoms with van der Waals surface area (Å²) in [5.41, 5.74) is 1.20. The van der Waals surface area contributed by atoms with Crippen molar-refractivity contribution >= 4 is 11.8 Å². The molecular weight excluding hydrogens is 316 g/mol. The molecule has 0 aromatic heterocycles. The Morgan fingerprint density at radius 2 is 1.88 bits per heavy atom. The monoisotopic (exact) mass is 344 g/mol. The summed E-state index contributed by atoms with van der Waals surface area (Å²) in [6.45, 7) is 5.28. The Kier molecular flexibility index (Phi) is 6.08. The zero-order valence-corrected chi connectivity index (χ0v) is 15.0. The lowest BCUT2D eigenvalue weighted by Crippen LogP contribution is -2.51. The molecule has 0 radical (unpaired) electrons. The highest BCUT2D eigenvalue weighted by Crippen LogP contribution is 2.27. The highest BCUT2D eigenvalue weighted by atomic mass is 16.5. The van der Waals surface area contributed by atoms with E-state index in [1.165, 1.54) is 5.56 Å². The normalized spacial score (nSPS) is 22.0. The molecule has 1 aromatic carbocycles. The number of nitrogens with zero attached hydrogens (tertiary/aromatic N) is 2. The summed E-state index contributed by atoms with van der Waals surface area (Å²) in [4.78, 5) is 29.4. The van der Waals surface area contributed by atoms with Crippen molar-refractivity contribution in [2.75, 3.05) is 32.8 Å². The molecule has 0 spiro atoms. The molecule has 1 aromatic rings. The third kappa shape index (κ3) is 4.21. The van der Waals surface area contributed by atoms with Gasteiger partial charge in [0.2, 0.25) is 11.8 Å². The maximum absolute atomic E-state index is 12.9. The minimum Gasteiger partial charge on any atom is -0.378 e. The standard InChI is InChI=1S/C20H28N2O3/c1-2-16(17-7-4-3-5-8-17)15-19(23)22-10-6-9-18(22)20(24)21-11-13-25-14-12-21/h3-5,7-8,16,18H,2,6,9-15H2,1H3. The van der Waals surface area contributed by atoms with Gasteiger partial charge < -0.3 is 14.5 Å². The summed E-state index contributed by atoms with van der Waals surface area (Å²) in [6.07, 6.45) is 3.09. The van der Waals surface area contributed by atoms with E-state index in [1.54, 1.807) is 0 Å². The first-order valence-corrected chi connectivity index (χ1v) is 9.41. The smallest absolute Gasteiger partial charge is 0.245 e. The van der Waals surface area contributed by atoms with Gasteiger partial charge in [-0.15, -0.1) is 0 Å². The van der Waals surface area contributed by atoms with Gasteiger partial charge in [-0.05, 0) is 30.7 Å². The van der Waals surface area contributed by atoms with Crippen LogP contribution in [-0.4, -0.2) is 60.5 Å². The van der Waals surface area contributed by atoms with Crippen molar-refractivity contribution in [2.45, 2.75) is 44.6 Å². The summed E-state index contributed by atoms with van der Waals surface area (Å²) in [5.74, 6) is 0.426. The first kappa shape index (κ1) is 17.9. The first-order valence-electron chi connectivity index (χ1n) is 9.41. The Balaban J connectivity index is 1.64. The lowest BCUT2D eigenvalue weighted by atomic mass is 9.92. The van der Waals surface area contributed by atoms with Gasteiger partial charge >= 0.3 is 0 Å². The number of amides is 2. The third-order valence-electron chi connectivity index (χ3n) is 5.37. The van der Waals surface area contributed by atoms with Gasteiger partial charge in [-0.1, -0.05) is 37.3 Å². The molecule has 0 N–H and O–H groups in total. The fourth-order valence-electron chi connectivity index (χ4n) is 3.87. The molecule has 2 saturated heterocycles. The third-order valence-corrected chi connectivity index (χ3v) is 5.37. The van der Waals surface area contributed by atoms with Crippen molar-refractivity contribution in [3.8, 4) is 0 Å². The minimum atomic E-state index is -0.279. The van der Waals surface area contributed by atoms with Crippen molar-refractivity contribution in [1.29, 1.82) is 0 Å². The van der Waals surface area contributed by atoms with Crippen LogP contribution in [0.15, 0.2) is 30.3 Å². The minimum absolute atomic E-state index is 0.0990. The van der Waals surface area contributed by atoms with Crippen molar-refractivity contribution in [3.63, 3.8) is 0 Å². The summed E-state index contributed by atoms with van der Waals surface area (Å²) < 4.78 is 5.33. The Morgan fingerprint density at radius 3 is 2.56 bits per heavy atom. The molecule has 25 heavy (non-hydrogen) atoms. The molecule has 0 saturated carbocycles. The average molecular weight is 344 g/mol. The van der Waals surface area contributed by atoms with E-state index in [0.29, 0.717) is 39.3 Å². The molecule has 2 aliphatic rings. The van der Waals surface area contributed by atoms with Gasteiger partial charge in [0.25, 0.3) is 0 Å². The van der Waals surface area contributed by atoms with E-state index < -0.39 is 0 Å². The van der Waals surface area contributed by atoms with Gasteiger partial charge in [0, 0.05) is 26.1 Å². The Bertz CT molecular complexity index is 584. The van der Waals surface area contributed by atoms with E-state index in [1.807, 2.05) is 28.0 Å². The molecule has 5 nitrogen and oxygen atoms in total. The summed E-state index contributed by atoms with van der Waals surface area (Å²) in [5, 5.41) is 0. The molecule has 2 fully saturated rings. The fourth-order valence-corrected chi connectivity index (χ4v) is 3.87. The zero-order chi connectivity index (χ0) is 17.6. The maximum atomic E-state index is 12.9. The van der Waals surface area contributed by atoms with Crippen LogP contribution in [0.4, 0.5) is 0 Å². The largest absolute Gasteiger partial charge is 0.378 e. The van der Waals surface area contributed by atoms with Gasteiger partial charge in [-0.3, -0.25) is 9.59 Å². The molecule has 2 aliphatic heterocycles. The van der Waals surface area contributed by atoms with E-state index in [4.69, 9.17) is 4.74 Å². The van der Waals surface area contributed by atoms with Crippen LogP contribution in [0.3, 0.4) is 0 Å². The van der Waals surface area contributed by atoms with Gasteiger partial charge in [0.15, 0.2) is 0 Å². The van der Waals surface area contributed by atoms with Crippen molar-refractivity contribution < 1.29 is 14.3 Å². The number of hydrogen-bond acceptors (Lipinski definition) is 3. The fraction of sp³-hybridized carbons (Fsp3) is 0.600. The van der Waals surface area contributed by atoms with E-state index in [2.05, 4.69) is 19.1 Å². The van der Waals surface area contributed by atoms with Gasteiger partial charge in [-0.2, -0.15) is 0 Å². The quantitative estimate of drug-likeness (QED) is 0.824. The summed E-state index contributed by atoms with van der Waals surface area (Å²) >= 11 is 0. The zero-order valence-electron chi connectivity index (χ0n) is 15.0. The lowest BCUT2D eigenvalue weighted by Gasteiger charge is -2.33. The second-order valence-electron chi connectivity index (χ2n) is 6.90. The molecule has 2 unspecified atom stereocenters. The second kappa shape index (κ2) is 8.48. The topological polar surface area (TPSA) is 49.9 Å². The number of carbonyl (C=O) groups excluding carboxylic acids is 2. The second-order valence-corrected chi connectivity index (χ2v) is 6.90. The number of morpholine rings is 1. The predicted molar refractivity (Wildman–Crippen MR) is 96.2 cm³/mol. The van der Waals surface area contributed by atoms with Crippen LogP contribution in [0, 0.1) is 0 Å². The van der Waals surface area contributed by atoms with Crippen LogP contribution in [-0.2, 0) is 14.3 Å². The van der Waals surface area contributed by atoms with Crippen LogP contribution < -0.4 is 0 Å². The molecular formula is C20H28N2O3. The van der Waals surface area contributed by atoms with E-state index >= 15 is 0 Å². The average Bonchev–Trinajstić information content (AvgIpc) is 3.16. The SMILES string of the molecule is CCC(CC(=O)N1CCCC1C(=O)N1CCOCC1)c1ccccc1. The van der Waals surface area contributed by atoms with Crippen molar-refractivity contribution in [1.82, 2.24) is 9.80 Å². The Morgan fingerprint density at radius 1 is 1.16 bits per heavy atom. The lowest BCUT2D eigenvalue weighted by molar-refractivity contribution is -0.146. The molecule has 136 valence electrons. The van der Waals surface area contributed by atoms with E-state index in [9.17, 15) is 9.59 Å². The molecule has 2 heterocycles. The van der Waals surface area contributed by atoms with Crippen LogP contribution in [0.2, 0.25) is 0 Å². The molecule has 0 aliphatic carbocycles. The van der Waals surface area contributed by atoms with Crippen LogP contribution in [0.5, 0.6) is 0 Å². The number of ether oxygens (including phenoxy) is 1. The van der Waals surface area contributed by atoms with Crippen molar-refractivity contribution in [2.24, 2.45) is 0 Å². The van der Waals surface area contributed by atoms with Gasteiger partial charge in [0.05, 0.1) is 13.2 Å². The Hall–Kier alpha value is -1.88. The van der Waals surface area contributed by atoms with E-state index in [0.717, 1.165) is 19.3 Å². The predicted octanol–water partition coefficient (Wildman–Crippen LogP) is 2.42. The van der Waals surface area contributed by atoms with Crippen LogP contribution in [0.1, 0.15) is 44.1 Å². The summed E-state index contributed by atoms with van der Waals surface area (Å²) in [7, 11) is 0. The number of likely N-dealkylation sites (tertiary alicyclic amines) is 1. The highest BCUT2D eigenvalue weighted by molar-refractivity contribution is 5.88. The van der Waals surface area contributed by atoms with Crippen LogP contribution in [0.25, 0.3) is 0 Å². The number of carbonyl (C=O) groups is 2. The van der Waals surface area contributed by atoms with Gasteiger partial charge in [0.1, 0.15) is 6.04 Å². The summed E-state index contributed by atoms with van der Waals surface area (Å²) in [6, 6.07) is 9.92. The highest BCUT2D eigenvalue weighted by Gasteiger charge is 2.37. The molecule has 2 atom stereocenters. The number of benzene rings is 1. The first-order chi connectivity index (χ1) is 12.2. The number of rotatable bonds is 5. The van der Waals surface area contributed by atoms with E-state index in [-0.39, 0.29) is 23.8 Å². The van der Waals surface area contributed by atoms with Crippen molar-refractivity contribution in [3.05, 3.63) is 35.9 Å². The maximum Gasteiger partial charge on any atom is 0.245 e. The molecule has 0 bridgehead atoms. The molecule has 2 amide bonds. The Labute approximate surface area is 149 Å². The van der Waals surface area contributed by atoms with Gasteiger partial charge in [-0.25, -0.2) is 0 Å². The van der Waals surface area contributed by atoms with Crippen LogP contribution >= 0.6 is 0 Å². The molecule has 3 rings (SSSR count). The number of hydrogen-bond donors (Lipinski definition) is 0.